The van der Waals surface area contributed by atoms with Crippen LogP contribution in [0.15, 0.2) is 58.8 Å². The second-order valence-electron chi connectivity index (χ2n) is 14.9. The summed E-state index contributed by atoms with van der Waals surface area (Å²) in [7, 11) is 0. The highest BCUT2D eigenvalue weighted by Crippen LogP contribution is 2.39. The average Bonchev–Trinajstić information content (AvgIpc) is 3.52. The molecule has 2 fully saturated rings. The summed E-state index contributed by atoms with van der Waals surface area (Å²) in [6.45, 7) is 13.1. The Labute approximate surface area is 315 Å². The third-order valence-electron chi connectivity index (χ3n) is 11.7. The molecule has 2 saturated carbocycles. The molecule has 0 atom stereocenters. The van der Waals surface area contributed by atoms with Gasteiger partial charge in [-0.2, -0.15) is 0 Å². The molecule has 2 aliphatic carbocycles. The molecule has 9 heteroatoms. The number of carbonyl (C=O) groups excluding carboxylic acids is 2. The molecule has 4 aromatic rings. The molecule has 2 amide bonds. The van der Waals surface area contributed by atoms with Crippen LogP contribution in [0.4, 0.5) is 9.59 Å². The zero-order valence-electron chi connectivity index (χ0n) is 32.7. The number of nitrogens with zero attached hydrogens (tertiary/aromatic N) is 5. The van der Waals surface area contributed by atoms with E-state index in [1.807, 2.05) is 27.7 Å². The van der Waals surface area contributed by atoms with E-state index in [9.17, 15) is 9.59 Å². The van der Waals surface area contributed by atoms with Crippen LogP contribution in [0, 0.1) is 11.8 Å². The first-order valence-electron chi connectivity index (χ1n) is 20.4. The van der Waals surface area contributed by atoms with Crippen molar-refractivity contribution in [3.05, 3.63) is 59.7 Å². The molecule has 284 valence electrons. The van der Waals surface area contributed by atoms with E-state index in [4.69, 9.17) is 14.8 Å². The molecule has 0 aliphatic heterocycles. The van der Waals surface area contributed by atoms with Crippen molar-refractivity contribution in [3.8, 4) is 0 Å². The fourth-order valence-electron chi connectivity index (χ4n) is 8.71. The highest BCUT2D eigenvalue weighted by atomic mass is 16.7. The zero-order valence-corrected chi connectivity index (χ0v) is 32.7. The van der Waals surface area contributed by atoms with Crippen molar-refractivity contribution in [1.82, 2.24) is 14.4 Å². The van der Waals surface area contributed by atoms with Crippen LogP contribution in [-0.2, 0) is 16.2 Å². The molecule has 0 unspecified atom stereocenters. The molecule has 53 heavy (non-hydrogen) atoms. The smallest absolute Gasteiger partial charge is 0.340 e. The second-order valence-corrected chi connectivity index (χ2v) is 14.9. The van der Waals surface area contributed by atoms with Crippen LogP contribution in [0.5, 0.6) is 0 Å². The summed E-state index contributed by atoms with van der Waals surface area (Å²) in [5, 5.41) is 13.8. The van der Waals surface area contributed by atoms with Crippen LogP contribution in [0.1, 0.15) is 123 Å². The number of benzene rings is 3. The Hall–Kier alpha value is -4.40. The van der Waals surface area contributed by atoms with E-state index in [0.29, 0.717) is 38.0 Å². The first-order valence-corrected chi connectivity index (χ1v) is 20.4. The number of oxime groups is 2. The van der Waals surface area contributed by atoms with E-state index < -0.39 is 12.2 Å². The third-order valence-corrected chi connectivity index (χ3v) is 11.7. The first-order chi connectivity index (χ1) is 25.9. The van der Waals surface area contributed by atoms with E-state index in [-0.39, 0.29) is 0 Å². The maximum atomic E-state index is 13.1. The van der Waals surface area contributed by atoms with Gasteiger partial charge in [-0.3, -0.25) is 9.68 Å². The SMILES string of the molecule is CCN(CC)C(=O)O/N=C(\CC1CCCCC1)c1ccc2c(c1)c1cc(/C(CC3CCCCC3)=N/OC(=O)N(CC)CC)c3ccccc3c1n2CC. The minimum atomic E-state index is -0.416. The van der Waals surface area contributed by atoms with Crippen molar-refractivity contribution in [2.75, 3.05) is 26.2 Å². The second kappa shape index (κ2) is 18.1. The van der Waals surface area contributed by atoms with Crippen molar-refractivity contribution in [2.24, 2.45) is 22.1 Å². The predicted octanol–water partition coefficient (Wildman–Crippen LogP) is 11.3. The maximum absolute atomic E-state index is 13.1. The fraction of sp³-hybridized carbons (Fsp3) is 0.545. The molecule has 0 bridgehead atoms. The van der Waals surface area contributed by atoms with E-state index >= 15 is 0 Å². The Morgan fingerprint density at radius 2 is 1.17 bits per heavy atom. The summed E-state index contributed by atoms with van der Waals surface area (Å²) >= 11 is 0. The molecular weight excluding hydrogens is 663 g/mol. The van der Waals surface area contributed by atoms with Gasteiger partial charge in [-0.05, 0) is 82.9 Å². The van der Waals surface area contributed by atoms with Gasteiger partial charge in [-0.1, -0.05) is 105 Å². The summed E-state index contributed by atoms with van der Waals surface area (Å²) in [6, 6.07) is 17.4. The summed E-state index contributed by atoms with van der Waals surface area (Å²) in [6.07, 6.45) is 12.8. The highest BCUT2D eigenvalue weighted by Gasteiger charge is 2.25. The molecular formula is C44H59N5O4. The van der Waals surface area contributed by atoms with Crippen LogP contribution in [0.25, 0.3) is 32.6 Å². The molecule has 2 aliphatic rings. The summed E-state index contributed by atoms with van der Waals surface area (Å²) in [5.74, 6) is 1.00. The zero-order chi connectivity index (χ0) is 37.3. The van der Waals surface area contributed by atoms with Gasteiger partial charge in [-0.15, -0.1) is 0 Å². The molecule has 0 spiro atoms. The topological polar surface area (TPSA) is 88.7 Å². The lowest BCUT2D eigenvalue weighted by Crippen LogP contribution is -2.30. The quantitative estimate of drug-likeness (QED) is 0.0781. The number of hydrogen-bond donors (Lipinski definition) is 0. The van der Waals surface area contributed by atoms with Crippen molar-refractivity contribution in [3.63, 3.8) is 0 Å². The summed E-state index contributed by atoms with van der Waals surface area (Å²) in [5.41, 5.74) is 5.95. The fourth-order valence-corrected chi connectivity index (χ4v) is 8.71. The molecule has 3 aromatic carbocycles. The van der Waals surface area contributed by atoms with Gasteiger partial charge in [0.15, 0.2) is 0 Å². The van der Waals surface area contributed by atoms with Gasteiger partial charge < -0.3 is 14.4 Å². The lowest BCUT2D eigenvalue weighted by molar-refractivity contribution is 0.108. The molecule has 1 heterocycles. The van der Waals surface area contributed by atoms with E-state index in [0.717, 1.165) is 94.7 Å². The first kappa shape index (κ1) is 38.3. The number of fused-ring (bicyclic) bond motifs is 5. The molecule has 0 radical (unpaired) electrons. The van der Waals surface area contributed by atoms with Crippen molar-refractivity contribution < 1.29 is 19.3 Å². The largest absolute Gasteiger partial charge is 0.435 e. The van der Waals surface area contributed by atoms with Crippen LogP contribution in [0.2, 0.25) is 0 Å². The van der Waals surface area contributed by atoms with Crippen LogP contribution < -0.4 is 0 Å². The minimum Gasteiger partial charge on any atom is -0.340 e. The third kappa shape index (κ3) is 8.55. The maximum Gasteiger partial charge on any atom is 0.435 e. The Morgan fingerprint density at radius 1 is 0.642 bits per heavy atom. The Bertz CT molecular complexity index is 1940. The lowest BCUT2D eigenvalue weighted by Gasteiger charge is -2.23. The van der Waals surface area contributed by atoms with Gasteiger partial charge in [0, 0.05) is 65.5 Å². The van der Waals surface area contributed by atoms with Crippen molar-refractivity contribution in [1.29, 1.82) is 0 Å². The van der Waals surface area contributed by atoms with Gasteiger partial charge in [0.25, 0.3) is 0 Å². The number of carbonyl (C=O) groups is 2. The number of amides is 2. The Morgan fingerprint density at radius 3 is 1.72 bits per heavy atom. The van der Waals surface area contributed by atoms with Crippen LogP contribution in [-0.4, -0.2) is 64.2 Å². The van der Waals surface area contributed by atoms with Gasteiger partial charge in [0.05, 0.1) is 16.9 Å². The molecule has 1 aromatic heterocycles. The average molecular weight is 722 g/mol. The summed E-state index contributed by atoms with van der Waals surface area (Å²) in [4.78, 5) is 40.7. The van der Waals surface area contributed by atoms with E-state index in [1.165, 1.54) is 44.0 Å². The number of aromatic nitrogens is 1. The Kier molecular flexibility index (Phi) is 13.1. The van der Waals surface area contributed by atoms with Gasteiger partial charge in [0.1, 0.15) is 0 Å². The standard InChI is InChI=1S/C44H59N5O4/c1-6-47(7-2)43(50)52-45-39(27-31-19-13-11-14-20-31)33-25-26-41-37(29-33)38-30-36(34-23-17-18-24-35(34)42(38)49(41)10-5)40(28-32-21-15-12-16-22-32)46-53-44(51)48(8-3)9-4/h17-18,23-26,29-32H,6-16,19-22,27-28H2,1-5H3/b45-39+,46-40+. The summed E-state index contributed by atoms with van der Waals surface area (Å²) < 4.78 is 2.40. The van der Waals surface area contributed by atoms with E-state index in [2.05, 4.69) is 65.2 Å². The van der Waals surface area contributed by atoms with Crippen LogP contribution >= 0.6 is 0 Å². The number of aryl methyl sites for hydroxylation is 1. The monoisotopic (exact) mass is 721 g/mol. The highest BCUT2D eigenvalue weighted by molar-refractivity contribution is 6.24. The minimum absolute atomic E-state index is 0.414. The number of rotatable bonds is 13. The normalized spacial score (nSPS) is 16.4. The number of hydrogen-bond acceptors (Lipinski definition) is 6. The Balaban J connectivity index is 1.51. The predicted molar refractivity (Wildman–Crippen MR) is 217 cm³/mol. The van der Waals surface area contributed by atoms with Gasteiger partial charge in [-0.25, -0.2) is 9.59 Å². The van der Waals surface area contributed by atoms with Crippen molar-refractivity contribution >= 4 is 56.2 Å². The molecule has 9 nitrogen and oxygen atoms in total. The lowest BCUT2D eigenvalue weighted by atomic mass is 9.83. The molecule has 0 saturated heterocycles. The van der Waals surface area contributed by atoms with Crippen LogP contribution in [0.3, 0.4) is 0 Å². The van der Waals surface area contributed by atoms with Gasteiger partial charge >= 0.3 is 12.2 Å². The van der Waals surface area contributed by atoms with Gasteiger partial charge in [0.2, 0.25) is 0 Å². The van der Waals surface area contributed by atoms with E-state index in [1.54, 1.807) is 9.80 Å². The molecule has 6 rings (SSSR count). The molecule has 0 N–H and O–H groups in total. The van der Waals surface area contributed by atoms with Crippen molar-refractivity contribution in [2.45, 2.75) is 118 Å².